The number of hydrogen-bond donors (Lipinski definition) is 2. The number of amides is 1. The van der Waals surface area contributed by atoms with Crippen LogP contribution in [0.3, 0.4) is 0 Å². The molecule has 0 aliphatic rings. The average Bonchev–Trinajstić information content (AvgIpc) is 2.68. The van der Waals surface area contributed by atoms with Crippen molar-refractivity contribution in [3.8, 4) is 0 Å². The van der Waals surface area contributed by atoms with E-state index in [-0.39, 0.29) is 16.8 Å². The van der Waals surface area contributed by atoms with Crippen molar-refractivity contribution in [3.63, 3.8) is 0 Å². The Morgan fingerprint density at radius 1 is 0.966 bits per heavy atom. The maximum Gasteiger partial charge on any atom is 0.261 e. The van der Waals surface area contributed by atoms with Crippen molar-refractivity contribution < 1.29 is 13.2 Å². The highest BCUT2D eigenvalue weighted by molar-refractivity contribution is 7.92. The summed E-state index contributed by atoms with van der Waals surface area (Å²) in [6, 6.07) is 19.9. The van der Waals surface area contributed by atoms with Crippen LogP contribution in [-0.4, -0.2) is 14.3 Å². The van der Waals surface area contributed by atoms with Gasteiger partial charge < -0.3 is 5.32 Å². The van der Waals surface area contributed by atoms with Gasteiger partial charge in [-0.1, -0.05) is 41.9 Å². The Balaban J connectivity index is 1.76. The fourth-order valence-electron chi connectivity index (χ4n) is 2.98. The molecule has 5 nitrogen and oxygen atoms in total. The van der Waals surface area contributed by atoms with Gasteiger partial charge in [0.1, 0.15) is 0 Å². The van der Waals surface area contributed by atoms with Gasteiger partial charge in [-0.3, -0.25) is 9.52 Å². The zero-order chi connectivity index (χ0) is 21.0. The average molecular weight is 429 g/mol. The van der Waals surface area contributed by atoms with Gasteiger partial charge in [0.05, 0.1) is 10.9 Å². The topological polar surface area (TPSA) is 75.3 Å². The second-order valence-corrected chi connectivity index (χ2v) is 8.81. The number of halogens is 1. The van der Waals surface area contributed by atoms with E-state index in [2.05, 4.69) is 10.0 Å². The molecule has 0 aliphatic carbocycles. The molecule has 0 unspecified atom stereocenters. The molecule has 0 aromatic heterocycles. The zero-order valence-electron chi connectivity index (χ0n) is 16.0. The van der Waals surface area contributed by atoms with E-state index in [9.17, 15) is 13.2 Å². The number of aryl methyl sites for hydroxylation is 1. The Bertz CT molecular complexity index is 1130. The first-order valence-electron chi connectivity index (χ1n) is 9.01. The van der Waals surface area contributed by atoms with Gasteiger partial charge >= 0.3 is 0 Å². The number of carbonyl (C=O) groups is 1. The summed E-state index contributed by atoms with van der Waals surface area (Å²) in [5.74, 6) is -0.284. The molecule has 0 saturated heterocycles. The Morgan fingerprint density at radius 2 is 1.66 bits per heavy atom. The van der Waals surface area contributed by atoms with Gasteiger partial charge in [-0.15, -0.1) is 0 Å². The van der Waals surface area contributed by atoms with Gasteiger partial charge in [0.2, 0.25) is 0 Å². The Morgan fingerprint density at radius 3 is 2.34 bits per heavy atom. The molecule has 2 N–H and O–H groups in total. The third kappa shape index (κ3) is 5.16. The number of anilines is 1. The number of hydrogen-bond acceptors (Lipinski definition) is 3. The summed E-state index contributed by atoms with van der Waals surface area (Å²) in [6.45, 7) is 3.90. The van der Waals surface area contributed by atoms with Gasteiger partial charge in [-0.2, -0.15) is 0 Å². The van der Waals surface area contributed by atoms with Crippen LogP contribution in [-0.2, 0) is 10.0 Å². The minimum absolute atomic E-state index is 0.0879. The van der Waals surface area contributed by atoms with E-state index in [0.717, 1.165) is 11.1 Å². The summed E-state index contributed by atoms with van der Waals surface area (Å²) in [4.78, 5) is 12.7. The molecule has 150 valence electrons. The Kier molecular flexibility index (Phi) is 6.25. The lowest BCUT2D eigenvalue weighted by Gasteiger charge is -2.17. The highest BCUT2D eigenvalue weighted by Gasteiger charge is 2.16. The van der Waals surface area contributed by atoms with E-state index in [1.165, 1.54) is 30.3 Å². The molecule has 0 radical (unpaired) electrons. The predicted octanol–water partition coefficient (Wildman–Crippen LogP) is 4.94. The highest BCUT2D eigenvalue weighted by atomic mass is 35.5. The quantitative estimate of drug-likeness (QED) is 0.583. The molecular formula is C22H21ClN2O3S. The second kappa shape index (κ2) is 8.68. The van der Waals surface area contributed by atoms with Crippen LogP contribution >= 0.6 is 11.6 Å². The molecule has 3 rings (SSSR count). The van der Waals surface area contributed by atoms with Crippen molar-refractivity contribution in [1.29, 1.82) is 0 Å². The van der Waals surface area contributed by atoms with Crippen LogP contribution < -0.4 is 10.0 Å². The minimum atomic E-state index is -3.78. The number of nitrogens with one attached hydrogen (secondary N) is 2. The SMILES string of the molecule is Cc1ccccc1[C@@H](C)NC(=O)c1cccc(NS(=O)(=O)c2ccc(Cl)cc2)c1. The van der Waals surface area contributed by atoms with E-state index in [1.54, 1.807) is 18.2 Å². The Labute approximate surface area is 175 Å². The summed E-state index contributed by atoms with van der Waals surface area (Å²) in [5.41, 5.74) is 2.78. The first-order valence-corrected chi connectivity index (χ1v) is 10.9. The van der Waals surface area contributed by atoms with Crippen molar-refractivity contribution in [3.05, 3.63) is 94.5 Å². The second-order valence-electron chi connectivity index (χ2n) is 6.69. The number of carbonyl (C=O) groups excluding carboxylic acids is 1. The van der Waals surface area contributed by atoms with E-state index in [4.69, 9.17) is 11.6 Å². The fourth-order valence-corrected chi connectivity index (χ4v) is 4.16. The molecular weight excluding hydrogens is 408 g/mol. The first kappa shape index (κ1) is 20.9. The van der Waals surface area contributed by atoms with Gasteiger partial charge in [-0.05, 0) is 67.4 Å². The van der Waals surface area contributed by atoms with Crippen LogP contribution in [0, 0.1) is 6.92 Å². The van der Waals surface area contributed by atoms with Crippen molar-refractivity contribution in [1.82, 2.24) is 5.32 Å². The summed E-state index contributed by atoms with van der Waals surface area (Å²) in [5, 5.41) is 3.40. The molecule has 0 fully saturated rings. The van der Waals surface area contributed by atoms with Crippen molar-refractivity contribution in [2.24, 2.45) is 0 Å². The van der Waals surface area contributed by atoms with Crippen LogP contribution in [0.25, 0.3) is 0 Å². The van der Waals surface area contributed by atoms with Crippen LogP contribution in [0.15, 0.2) is 77.7 Å². The number of benzene rings is 3. The van der Waals surface area contributed by atoms with Gasteiger partial charge in [0.15, 0.2) is 0 Å². The lowest BCUT2D eigenvalue weighted by Crippen LogP contribution is -2.27. The zero-order valence-corrected chi connectivity index (χ0v) is 17.6. The van der Waals surface area contributed by atoms with E-state index in [1.807, 2.05) is 38.1 Å². The number of sulfonamides is 1. The van der Waals surface area contributed by atoms with Gasteiger partial charge in [-0.25, -0.2) is 8.42 Å². The van der Waals surface area contributed by atoms with E-state index in [0.29, 0.717) is 16.3 Å². The lowest BCUT2D eigenvalue weighted by molar-refractivity contribution is 0.0940. The van der Waals surface area contributed by atoms with Crippen LogP contribution in [0.1, 0.15) is 34.5 Å². The lowest BCUT2D eigenvalue weighted by atomic mass is 10.0. The van der Waals surface area contributed by atoms with Crippen LogP contribution in [0.5, 0.6) is 0 Å². The van der Waals surface area contributed by atoms with Crippen LogP contribution in [0.4, 0.5) is 5.69 Å². The predicted molar refractivity (Wildman–Crippen MR) is 116 cm³/mol. The van der Waals surface area contributed by atoms with Crippen molar-refractivity contribution in [2.45, 2.75) is 24.8 Å². The smallest absolute Gasteiger partial charge is 0.261 e. The van der Waals surface area contributed by atoms with Crippen molar-refractivity contribution >= 4 is 33.2 Å². The monoisotopic (exact) mass is 428 g/mol. The largest absolute Gasteiger partial charge is 0.346 e. The molecule has 0 aliphatic heterocycles. The highest BCUT2D eigenvalue weighted by Crippen LogP contribution is 2.21. The van der Waals surface area contributed by atoms with Gasteiger partial charge in [0.25, 0.3) is 15.9 Å². The molecule has 0 saturated carbocycles. The molecule has 3 aromatic carbocycles. The Hall–Kier alpha value is -2.83. The molecule has 0 spiro atoms. The maximum atomic E-state index is 12.7. The molecule has 0 bridgehead atoms. The third-order valence-electron chi connectivity index (χ3n) is 4.50. The first-order chi connectivity index (χ1) is 13.8. The van der Waals surface area contributed by atoms with Crippen LogP contribution in [0.2, 0.25) is 5.02 Å². The summed E-state index contributed by atoms with van der Waals surface area (Å²) in [7, 11) is -3.78. The standard InChI is InChI=1S/C22H21ClN2O3S/c1-15-6-3-4-9-21(15)16(2)24-22(26)17-7-5-8-19(14-17)25-29(27,28)20-12-10-18(23)11-13-20/h3-14,16,25H,1-2H3,(H,24,26)/t16-/m1/s1. The number of rotatable bonds is 6. The fraction of sp³-hybridized carbons (Fsp3) is 0.136. The molecule has 1 amide bonds. The van der Waals surface area contributed by atoms with Crippen molar-refractivity contribution in [2.75, 3.05) is 4.72 Å². The summed E-state index contributed by atoms with van der Waals surface area (Å²) in [6.07, 6.45) is 0. The minimum Gasteiger partial charge on any atom is -0.346 e. The summed E-state index contributed by atoms with van der Waals surface area (Å²) < 4.78 is 27.6. The third-order valence-corrected chi connectivity index (χ3v) is 6.15. The maximum absolute atomic E-state index is 12.7. The normalized spacial score (nSPS) is 12.2. The molecule has 0 heterocycles. The molecule has 7 heteroatoms. The molecule has 29 heavy (non-hydrogen) atoms. The molecule has 3 aromatic rings. The van der Waals surface area contributed by atoms with E-state index < -0.39 is 10.0 Å². The van der Waals surface area contributed by atoms with E-state index >= 15 is 0 Å². The summed E-state index contributed by atoms with van der Waals surface area (Å²) >= 11 is 5.81. The van der Waals surface area contributed by atoms with Gasteiger partial charge in [0, 0.05) is 16.3 Å². The molecule has 1 atom stereocenters.